The number of fused-ring (bicyclic) bond motifs is 3. The Kier molecular flexibility index (Phi) is 6.35. The second-order valence-corrected chi connectivity index (χ2v) is 7.67. The molecular weight excluding hydrogens is 404 g/mol. The quantitative estimate of drug-likeness (QED) is 0.314. The number of hydrogen-bond acceptors (Lipinski definition) is 4. The molecule has 2 aromatic carbocycles. The number of ether oxygens (including phenoxy) is 1. The van der Waals surface area contributed by atoms with Crippen LogP contribution < -0.4 is 16.0 Å². The van der Waals surface area contributed by atoms with Crippen LogP contribution >= 0.6 is 0 Å². The van der Waals surface area contributed by atoms with E-state index in [1.165, 1.54) is 0 Å². The fourth-order valence-corrected chi connectivity index (χ4v) is 3.70. The maximum Gasteiger partial charge on any atom is 0.350 e. The number of aromatic amines is 2. The van der Waals surface area contributed by atoms with E-state index in [0.29, 0.717) is 22.2 Å². The second kappa shape index (κ2) is 9.51. The van der Waals surface area contributed by atoms with Crippen LogP contribution in [0.25, 0.3) is 28.0 Å². The molecule has 2 heterocycles. The minimum absolute atomic E-state index is 0.296. The van der Waals surface area contributed by atoms with Crippen molar-refractivity contribution in [1.29, 1.82) is 0 Å². The molecule has 0 saturated carbocycles. The van der Waals surface area contributed by atoms with Gasteiger partial charge in [0, 0.05) is 10.9 Å². The molecule has 7 nitrogen and oxygen atoms in total. The Morgan fingerprint density at radius 3 is 2.62 bits per heavy atom. The maximum atomic E-state index is 13.1. The largest absolute Gasteiger partial charge is 0.497 e. The first-order valence-electron chi connectivity index (χ1n) is 10.8. The molecule has 4 rings (SSSR count). The summed E-state index contributed by atoms with van der Waals surface area (Å²) in [4.78, 5) is 31.6. The molecule has 0 aliphatic heterocycles. The van der Waals surface area contributed by atoms with Gasteiger partial charge in [0.05, 0.1) is 18.8 Å². The third-order valence-corrected chi connectivity index (χ3v) is 5.40. The van der Waals surface area contributed by atoms with Gasteiger partial charge < -0.3 is 14.7 Å². The first kappa shape index (κ1) is 21.4. The lowest BCUT2D eigenvalue weighted by Gasteiger charge is -2.03. The Balaban J connectivity index is 1.75. The number of rotatable bonds is 8. The summed E-state index contributed by atoms with van der Waals surface area (Å²) < 4.78 is 6.13. The molecule has 164 valence electrons. The predicted octanol–water partition coefficient (Wildman–Crippen LogP) is 4.68. The van der Waals surface area contributed by atoms with Gasteiger partial charge >= 0.3 is 11.2 Å². The summed E-state index contributed by atoms with van der Waals surface area (Å²) in [6.45, 7) is 2.15. The topological polar surface area (TPSA) is 92.2 Å². The third-order valence-electron chi connectivity index (χ3n) is 5.40. The van der Waals surface area contributed by atoms with Crippen molar-refractivity contribution in [2.45, 2.75) is 32.6 Å². The van der Waals surface area contributed by atoms with Crippen LogP contribution in [0.2, 0.25) is 0 Å². The van der Waals surface area contributed by atoms with Crippen molar-refractivity contribution in [2.75, 3.05) is 7.11 Å². The molecule has 0 bridgehead atoms. The van der Waals surface area contributed by atoms with Crippen LogP contribution in [0.3, 0.4) is 0 Å². The number of benzene rings is 2. The molecule has 0 spiro atoms. The molecule has 2 aromatic heterocycles. The lowest BCUT2D eigenvalue weighted by Crippen LogP contribution is -2.32. The van der Waals surface area contributed by atoms with Crippen LogP contribution in [0.1, 0.15) is 38.2 Å². The molecule has 7 heteroatoms. The van der Waals surface area contributed by atoms with Gasteiger partial charge in [-0.1, -0.05) is 56.2 Å². The van der Waals surface area contributed by atoms with Crippen molar-refractivity contribution in [1.82, 2.24) is 14.6 Å². The summed E-state index contributed by atoms with van der Waals surface area (Å²) in [5.74, 6) is 0.643. The summed E-state index contributed by atoms with van der Waals surface area (Å²) in [6.07, 6.45) is 7.67. The summed E-state index contributed by atoms with van der Waals surface area (Å²) in [5.41, 5.74) is 2.40. The standard InChI is InChI=1S/C25H26N4O3/c1-3-4-6-11-18(14-17-9-7-5-8-10-17)16-26-29-24(30)23-22(28-25(29)31)20-15-19(32-2)12-13-21(20)27-23/h5,7-10,12-16,27H,3-4,6,11H2,1-2H3,(H,28,31). The highest BCUT2D eigenvalue weighted by Gasteiger charge is 2.13. The first-order valence-corrected chi connectivity index (χ1v) is 10.8. The number of methoxy groups -OCH3 is 1. The minimum Gasteiger partial charge on any atom is -0.497 e. The van der Waals surface area contributed by atoms with Crippen LogP contribution in [-0.2, 0) is 0 Å². The molecule has 0 saturated heterocycles. The summed E-state index contributed by atoms with van der Waals surface area (Å²) in [6, 6.07) is 15.3. The molecule has 4 aromatic rings. The molecular formula is C25H26N4O3. The number of allylic oxidation sites excluding steroid dienone is 1. The molecule has 32 heavy (non-hydrogen) atoms. The summed E-state index contributed by atoms with van der Waals surface area (Å²) in [7, 11) is 1.57. The fourth-order valence-electron chi connectivity index (χ4n) is 3.70. The molecule has 0 aliphatic carbocycles. The average Bonchev–Trinajstić information content (AvgIpc) is 3.17. The van der Waals surface area contributed by atoms with Gasteiger partial charge in [0.2, 0.25) is 0 Å². The molecule has 0 aliphatic rings. The van der Waals surface area contributed by atoms with E-state index in [4.69, 9.17) is 4.74 Å². The Morgan fingerprint density at radius 2 is 1.88 bits per heavy atom. The van der Waals surface area contributed by atoms with Crippen LogP contribution in [0, 0.1) is 0 Å². The number of unbranched alkanes of at least 4 members (excludes halogenated alkanes) is 2. The van der Waals surface area contributed by atoms with Gasteiger partial charge in [0.25, 0.3) is 0 Å². The van der Waals surface area contributed by atoms with Gasteiger partial charge in [-0.2, -0.15) is 5.10 Å². The van der Waals surface area contributed by atoms with Crippen molar-refractivity contribution in [3.63, 3.8) is 0 Å². The van der Waals surface area contributed by atoms with E-state index in [1.807, 2.05) is 42.5 Å². The van der Waals surface area contributed by atoms with Gasteiger partial charge in [-0.05, 0) is 42.2 Å². The van der Waals surface area contributed by atoms with Crippen molar-refractivity contribution >= 4 is 34.2 Å². The predicted molar refractivity (Wildman–Crippen MR) is 130 cm³/mol. The SMILES string of the molecule is CCCCCC(C=Nn1c(=O)[nH]c2c([nH]c3ccc(OC)cc32)c1=O)=Cc1ccccc1. The van der Waals surface area contributed by atoms with Gasteiger partial charge in [-0.15, -0.1) is 4.68 Å². The zero-order chi connectivity index (χ0) is 22.5. The van der Waals surface area contributed by atoms with Crippen molar-refractivity contribution in [2.24, 2.45) is 5.10 Å². The van der Waals surface area contributed by atoms with Gasteiger partial charge in [0.15, 0.2) is 0 Å². The lowest BCUT2D eigenvalue weighted by atomic mass is 10.1. The number of H-pyrrole nitrogens is 2. The molecule has 0 fully saturated rings. The monoisotopic (exact) mass is 430 g/mol. The van der Waals surface area contributed by atoms with Crippen LogP contribution in [0.5, 0.6) is 5.75 Å². The Labute approximate surface area is 185 Å². The van der Waals surface area contributed by atoms with Gasteiger partial charge in [-0.3, -0.25) is 4.79 Å². The smallest absolute Gasteiger partial charge is 0.350 e. The molecule has 2 N–H and O–H groups in total. The molecule has 0 amide bonds. The van der Waals surface area contributed by atoms with Gasteiger partial charge in [-0.25, -0.2) is 4.79 Å². The van der Waals surface area contributed by atoms with E-state index in [-0.39, 0.29) is 0 Å². The van der Waals surface area contributed by atoms with E-state index in [0.717, 1.165) is 47.0 Å². The van der Waals surface area contributed by atoms with E-state index >= 15 is 0 Å². The highest BCUT2D eigenvalue weighted by Crippen LogP contribution is 2.25. The Hall–Kier alpha value is -3.87. The zero-order valence-electron chi connectivity index (χ0n) is 18.2. The average molecular weight is 431 g/mol. The number of nitrogens with one attached hydrogen (secondary N) is 2. The number of hydrogen-bond donors (Lipinski definition) is 2. The normalized spacial score (nSPS) is 12.2. The number of aromatic nitrogens is 3. The lowest BCUT2D eigenvalue weighted by molar-refractivity contribution is 0.415. The number of nitrogens with zero attached hydrogens (tertiary/aromatic N) is 2. The van der Waals surface area contributed by atoms with E-state index in [2.05, 4.69) is 22.0 Å². The molecule has 0 radical (unpaired) electrons. The highest BCUT2D eigenvalue weighted by atomic mass is 16.5. The second-order valence-electron chi connectivity index (χ2n) is 7.67. The van der Waals surface area contributed by atoms with E-state index < -0.39 is 11.2 Å². The summed E-state index contributed by atoms with van der Waals surface area (Å²) in [5, 5.41) is 4.97. The maximum absolute atomic E-state index is 13.1. The Bertz CT molecular complexity index is 1410. The zero-order valence-corrected chi connectivity index (χ0v) is 18.2. The minimum atomic E-state index is -0.588. The Morgan fingerprint density at radius 1 is 1.06 bits per heavy atom. The van der Waals surface area contributed by atoms with Crippen LogP contribution in [0.4, 0.5) is 0 Å². The first-order chi connectivity index (χ1) is 15.6. The third kappa shape index (κ3) is 4.42. The molecule has 0 atom stereocenters. The van der Waals surface area contributed by atoms with Crippen molar-refractivity contribution in [3.8, 4) is 5.75 Å². The fraction of sp³-hybridized carbons (Fsp3) is 0.240. The van der Waals surface area contributed by atoms with Gasteiger partial charge in [0.1, 0.15) is 11.3 Å². The van der Waals surface area contributed by atoms with Crippen LogP contribution in [0.15, 0.2) is 68.8 Å². The van der Waals surface area contributed by atoms with Crippen LogP contribution in [-0.4, -0.2) is 28.0 Å². The van der Waals surface area contributed by atoms with Crippen molar-refractivity contribution < 1.29 is 4.74 Å². The highest BCUT2D eigenvalue weighted by molar-refractivity contribution is 6.04. The van der Waals surface area contributed by atoms with E-state index in [1.54, 1.807) is 25.5 Å². The van der Waals surface area contributed by atoms with E-state index in [9.17, 15) is 9.59 Å². The molecule has 0 unspecified atom stereocenters. The summed E-state index contributed by atoms with van der Waals surface area (Å²) >= 11 is 0. The van der Waals surface area contributed by atoms with Crippen molar-refractivity contribution in [3.05, 3.63) is 80.5 Å².